The maximum absolute atomic E-state index is 11.6. The molecule has 1 aliphatic carbocycles. The van der Waals surface area contributed by atoms with Crippen LogP contribution in [0.3, 0.4) is 0 Å². The molecule has 1 unspecified atom stereocenters. The van der Waals surface area contributed by atoms with Crippen molar-refractivity contribution in [1.29, 1.82) is 0 Å². The largest absolute Gasteiger partial charge is 0.469 e. The van der Waals surface area contributed by atoms with E-state index in [1.807, 2.05) is 0 Å². The van der Waals surface area contributed by atoms with Crippen LogP contribution in [0.15, 0.2) is 17.3 Å². The van der Waals surface area contributed by atoms with E-state index in [4.69, 9.17) is 33.1 Å². The van der Waals surface area contributed by atoms with Crippen LogP contribution < -0.4 is 0 Å². The van der Waals surface area contributed by atoms with Gasteiger partial charge in [-0.05, 0) is 24.1 Å². The van der Waals surface area contributed by atoms with Gasteiger partial charge in [-0.2, -0.15) is 0 Å². The van der Waals surface area contributed by atoms with Gasteiger partial charge in [-0.1, -0.05) is 28.4 Å². The highest BCUT2D eigenvalue weighted by atomic mass is 35.5. The van der Waals surface area contributed by atoms with Gasteiger partial charge in [-0.15, -0.1) is 0 Å². The van der Waals surface area contributed by atoms with Gasteiger partial charge in [0.2, 0.25) is 0 Å². The molecule has 1 aromatic rings. The Morgan fingerprint density at radius 1 is 1.39 bits per heavy atom. The minimum absolute atomic E-state index is 0.326. The van der Waals surface area contributed by atoms with E-state index in [9.17, 15) is 4.79 Å². The average molecular weight is 288 g/mol. The first-order chi connectivity index (χ1) is 8.56. The van der Waals surface area contributed by atoms with Gasteiger partial charge in [-0.25, -0.2) is 0 Å². The summed E-state index contributed by atoms with van der Waals surface area (Å²) in [6.07, 6.45) is 0.825. The predicted molar refractivity (Wildman–Crippen MR) is 68.6 cm³/mol. The summed E-state index contributed by atoms with van der Waals surface area (Å²) in [4.78, 5) is 11.6. The highest BCUT2D eigenvalue weighted by molar-refractivity contribution is 6.42. The molecule has 0 heterocycles. The summed E-state index contributed by atoms with van der Waals surface area (Å²) in [5.41, 5.74) is 1.98. The molecule has 1 aromatic carbocycles. The SMILES string of the molecule is COC(=O)C1CC(=NO)c2cc(Cl)c(Cl)cc2C1. The van der Waals surface area contributed by atoms with Crippen molar-refractivity contribution in [2.75, 3.05) is 7.11 Å². The van der Waals surface area contributed by atoms with Crippen molar-refractivity contribution in [2.45, 2.75) is 12.8 Å². The van der Waals surface area contributed by atoms with Gasteiger partial charge in [0.1, 0.15) is 0 Å². The number of fused-ring (bicyclic) bond motifs is 1. The first-order valence-electron chi connectivity index (χ1n) is 5.34. The van der Waals surface area contributed by atoms with E-state index in [1.54, 1.807) is 12.1 Å². The Labute approximate surface area is 114 Å². The Bertz CT molecular complexity index is 528. The quantitative estimate of drug-likeness (QED) is 0.491. The number of ether oxygens (including phenoxy) is 1. The lowest BCUT2D eigenvalue weighted by Crippen LogP contribution is -2.28. The summed E-state index contributed by atoms with van der Waals surface area (Å²) in [6.45, 7) is 0. The van der Waals surface area contributed by atoms with Gasteiger partial charge < -0.3 is 9.94 Å². The van der Waals surface area contributed by atoms with Gasteiger partial charge in [0, 0.05) is 12.0 Å². The monoisotopic (exact) mass is 287 g/mol. The van der Waals surface area contributed by atoms with Crippen molar-refractivity contribution in [2.24, 2.45) is 11.1 Å². The van der Waals surface area contributed by atoms with Crippen LogP contribution in [0.5, 0.6) is 0 Å². The molecule has 0 saturated heterocycles. The second kappa shape index (κ2) is 5.16. The number of carbonyl (C=O) groups is 1. The maximum atomic E-state index is 11.6. The zero-order valence-electron chi connectivity index (χ0n) is 9.61. The van der Waals surface area contributed by atoms with Crippen LogP contribution in [0, 0.1) is 5.92 Å². The number of esters is 1. The highest BCUT2D eigenvalue weighted by Crippen LogP contribution is 2.33. The van der Waals surface area contributed by atoms with E-state index in [0.717, 1.165) is 11.1 Å². The maximum Gasteiger partial charge on any atom is 0.309 e. The molecule has 0 aliphatic heterocycles. The third kappa shape index (κ3) is 2.31. The first-order valence-corrected chi connectivity index (χ1v) is 6.09. The van der Waals surface area contributed by atoms with Crippen LogP contribution in [0.25, 0.3) is 0 Å². The molecule has 96 valence electrons. The number of nitrogens with zero attached hydrogens (tertiary/aromatic N) is 1. The number of oxime groups is 1. The minimum atomic E-state index is -0.356. The molecule has 0 radical (unpaired) electrons. The predicted octanol–water partition coefficient (Wildman–Crippen LogP) is 2.91. The fourth-order valence-electron chi connectivity index (χ4n) is 2.13. The fourth-order valence-corrected chi connectivity index (χ4v) is 2.48. The van der Waals surface area contributed by atoms with Crippen LogP contribution in [0.4, 0.5) is 0 Å². The van der Waals surface area contributed by atoms with E-state index in [0.29, 0.717) is 28.6 Å². The molecule has 18 heavy (non-hydrogen) atoms. The number of rotatable bonds is 1. The number of hydrogen-bond donors (Lipinski definition) is 1. The van der Waals surface area contributed by atoms with Crippen molar-refractivity contribution in [3.8, 4) is 0 Å². The van der Waals surface area contributed by atoms with Crippen LogP contribution in [-0.4, -0.2) is 24.0 Å². The van der Waals surface area contributed by atoms with E-state index >= 15 is 0 Å². The van der Waals surface area contributed by atoms with E-state index in [1.165, 1.54) is 7.11 Å². The molecule has 1 aliphatic rings. The molecule has 0 fully saturated rings. The molecule has 1 N–H and O–H groups in total. The van der Waals surface area contributed by atoms with Crippen molar-refractivity contribution in [1.82, 2.24) is 0 Å². The second-order valence-corrected chi connectivity index (χ2v) is 4.91. The zero-order valence-corrected chi connectivity index (χ0v) is 11.1. The number of carbonyl (C=O) groups excluding carboxylic acids is 1. The number of methoxy groups -OCH3 is 1. The smallest absolute Gasteiger partial charge is 0.309 e. The fraction of sp³-hybridized carbons (Fsp3) is 0.333. The molecule has 0 amide bonds. The molecule has 0 aromatic heterocycles. The van der Waals surface area contributed by atoms with Gasteiger partial charge in [0.25, 0.3) is 0 Å². The lowest BCUT2D eigenvalue weighted by Gasteiger charge is -2.23. The lowest BCUT2D eigenvalue weighted by molar-refractivity contribution is -0.145. The lowest BCUT2D eigenvalue weighted by atomic mass is 9.82. The van der Waals surface area contributed by atoms with Gasteiger partial charge in [0.05, 0.1) is 28.8 Å². The summed E-state index contributed by atoms with van der Waals surface area (Å²) < 4.78 is 4.72. The van der Waals surface area contributed by atoms with Crippen LogP contribution in [0.1, 0.15) is 17.5 Å². The Morgan fingerprint density at radius 2 is 2.06 bits per heavy atom. The van der Waals surface area contributed by atoms with E-state index in [-0.39, 0.29) is 11.9 Å². The molecule has 0 spiro atoms. The zero-order chi connectivity index (χ0) is 13.3. The second-order valence-electron chi connectivity index (χ2n) is 4.10. The molecule has 0 saturated carbocycles. The van der Waals surface area contributed by atoms with Crippen LogP contribution in [-0.2, 0) is 16.0 Å². The Balaban J connectivity index is 2.46. The standard InChI is InChI=1S/C12H11Cl2NO3/c1-18-12(16)7-2-6-3-9(13)10(14)5-8(6)11(4-7)15-17/h3,5,7,17H,2,4H2,1H3. The Kier molecular flexibility index (Phi) is 3.78. The third-order valence-corrected chi connectivity index (χ3v) is 3.74. The van der Waals surface area contributed by atoms with Crippen molar-refractivity contribution in [3.63, 3.8) is 0 Å². The molecule has 6 heteroatoms. The molecule has 1 atom stereocenters. The van der Waals surface area contributed by atoms with E-state index < -0.39 is 0 Å². The van der Waals surface area contributed by atoms with Crippen molar-refractivity contribution in [3.05, 3.63) is 33.3 Å². The van der Waals surface area contributed by atoms with Crippen LogP contribution in [0.2, 0.25) is 10.0 Å². The third-order valence-electron chi connectivity index (χ3n) is 3.02. The van der Waals surface area contributed by atoms with Crippen molar-refractivity contribution < 1.29 is 14.7 Å². The van der Waals surface area contributed by atoms with Gasteiger partial charge >= 0.3 is 5.97 Å². The van der Waals surface area contributed by atoms with Crippen molar-refractivity contribution >= 4 is 34.9 Å². The summed E-state index contributed by atoms with van der Waals surface area (Å²) >= 11 is 11.9. The Morgan fingerprint density at radius 3 is 2.67 bits per heavy atom. The number of hydrogen-bond acceptors (Lipinski definition) is 4. The highest BCUT2D eigenvalue weighted by Gasteiger charge is 2.30. The average Bonchev–Trinajstić information content (AvgIpc) is 2.38. The number of halogens is 2. The molecule has 4 nitrogen and oxygen atoms in total. The van der Waals surface area contributed by atoms with E-state index in [2.05, 4.69) is 5.16 Å². The Hall–Kier alpha value is -1.26. The van der Waals surface area contributed by atoms with Gasteiger partial charge in [-0.3, -0.25) is 4.79 Å². The summed E-state index contributed by atoms with van der Waals surface area (Å²) in [6, 6.07) is 3.35. The number of benzene rings is 1. The molecular weight excluding hydrogens is 277 g/mol. The molecular formula is C12H11Cl2NO3. The molecule has 2 rings (SSSR count). The summed E-state index contributed by atoms with van der Waals surface area (Å²) in [7, 11) is 1.34. The minimum Gasteiger partial charge on any atom is -0.469 e. The summed E-state index contributed by atoms with van der Waals surface area (Å²) in [5.74, 6) is -0.682. The normalized spacial score (nSPS) is 20.6. The summed E-state index contributed by atoms with van der Waals surface area (Å²) in [5, 5.41) is 13.1. The topological polar surface area (TPSA) is 58.9 Å². The molecule has 0 bridgehead atoms. The van der Waals surface area contributed by atoms with Gasteiger partial charge in [0.15, 0.2) is 0 Å². The van der Waals surface area contributed by atoms with Crippen LogP contribution >= 0.6 is 23.2 Å². The first kappa shape index (κ1) is 13.2.